The summed E-state index contributed by atoms with van der Waals surface area (Å²) in [5.74, 6) is -0.256. The van der Waals surface area contributed by atoms with Crippen LogP contribution >= 0.6 is 7.60 Å². The van der Waals surface area contributed by atoms with Crippen LogP contribution < -0.4 is 0 Å². The van der Waals surface area contributed by atoms with Gasteiger partial charge >= 0.3 is 7.60 Å². The van der Waals surface area contributed by atoms with Gasteiger partial charge in [-0.15, -0.1) is 0 Å². The van der Waals surface area contributed by atoms with E-state index in [-0.39, 0.29) is 17.3 Å². The molecule has 168 valence electrons. The van der Waals surface area contributed by atoms with E-state index >= 15 is 0 Å². The number of hydrogen-bond acceptors (Lipinski definition) is 3. The number of benzene rings is 3. The molecule has 4 aliphatic rings. The lowest BCUT2D eigenvalue weighted by molar-refractivity contribution is 0.0315. The third-order valence-electron chi connectivity index (χ3n) is 7.67. The minimum absolute atomic E-state index is 0.0586. The van der Waals surface area contributed by atoms with E-state index in [1.54, 1.807) is 0 Å². The van der Waals surface area contributed by atoms with Gasteiger partial charge in [-0.1, -0.05) is 98.8 Å². The molecule has 3 aliphatic carbocycles. The highest BCUT2D eigenvalue weighted by Crippen LogP contribution is 2.80. The number of hydrogen-bond donors (Lipinski definition) is 0. The van der Waals surface area contributed by atoms with Crippen LogP contribution in [-0.4, -0.2) is 13.2 Å². The van der Waals surface area contributed by atoms with Crippen molar-refractivity contribution in [2.24, 2.45) is 5.41 Å². The van der Waals surface area contributed by atoms with Crippen molar-refractivity contribution in [1.82, 2.24) is 0 Å². The molecule has 0 saturated carbocycles. The molecule has 1 heterocycles. The van der Waals surface area contributed by atoms with Gasteiger partial charge in [-0.3, -0.25) is 4.57 Å². The first kappa shape index (κ1) is 21.1. The van der Waals surface area contributed by atoms with Crippen LogP contribution in [0.5, 0.6) is 0 Å². The van der Waals surface area contributed by atoms with Crippen LogP contribution in [0.2, 0.25) is 0 Å². The molecular weight excluding hydrogens is 427 g/mol. The van der Waals surface area contributed by atoms with Crippen molar-refractivity contribution in [2.75, 3.05) is 13.2 Å². The highest BCUT2D eigenvalue weighted by molar-refractivity contribution is 7.55. The molecule has 7 rings (SSSR count). The number of aryl methyl sites for hydroxylation is 1. The van der Waals surface area contributed by atoms with Gasteiger partial charge in [0.1, 0.15) is 5.16 Å². The van der Waals surface area contributed by atoms with Crippen molar-refractivity contribution in [3.05, 3.63) is 118 Å². The van der Waals surface area contributed by atoms with Crippen molar-refractivity contribution in [1.29, 1.82) is 0 Å². The summed E-state index contributed by atoms with van der Waals surface area (Å²) in [5, 5.41) is -0.982. The van der Waals surface area contributed by atoms with Crippen molar-refractivity contribution < 1.29 is 13.6 Å². The zero-order valence-electron chi connectivity index (χ0n) is 19.4. The van der Waals surface area contributed by atoms with Gasteiger partial charge in [0.05, 0.1) is 13.2 Å². The third kappa shape index (κ3) is 2.74. The molecule has 1 saturated heterocycles. The largest absolute Gasteiger partial charge is 0.346 e. The number of allylic oxidation sites excluding steroid dienone is 1. The highest BCUT2D eigenvalue weighted by atomic mass is 31.2. The standard InChI is InChI=1S/C29H29O3P/c1-19-13-15-21(16-14-19)29(33(30)31-17-28(3,4)18-32-33)20(2)26-22-9-5-7-11-24(22)27(29)25-12-8-6-10-23(25)26/h5-16,26-27H,2,17-18H2,1,3-4H3/t26?,27?,29-/m0/s1. The van der Waals surface area contributed by atoms with E-state index in [2.05, 4.69) is 100 Å². The minimum atomic E-state index is -3.65. The van der Waals surface area contributed by atoms with Crippen molar-refractivity contribution in [2.45, 2.75) is 37.8 Å². The van der Waals surface area contributed by atoms with Gasteiger partial charge in [-0.25, -0.2) is 0 Å². The van der Waals surface area contributed by atoms with E-state index in [4.69, 9.17) is 9.05 Å². The van der Waals surface area contributed by atoms with Crippen LogP contribution in [0.15, 0.2) is 84.9 Å². The zero-order valence-corrected chi connectivity index (χ0v) is 20.3. The fraction of sp³-hybridized carbons (Fsp3) is 0.310. The Hall–Kier alpha value is -2.45. The van der Waals surface area contributed by atoms with E-state index in [1.807, 2.05) is 0 Å². The first-order valence-corrected chi connectivity index (χ1v) is 13.2. The number of rotatable bonds is 2. The Morgan fingerprint density at radius 1 is 0.818 bits per heavy atom. The van der Waals surface area contributed by atoms with E-state index < -0.39 is 12.8 Å². The molecule has 0 aromatic heterocycles. The molecule has 3 aromatic rings. The second-order valence-electron chi connectivity index (χ2n) is 10.5. The van der Waals surface area contributed by atoms with Gasteiger partial charge in [-0.05, 0) is 40.3 Å². The van der Waals surface area contributed by atoms with Gasteiger partial charge in [0, 0.05) is 17.3 Å². The molecule has 3 nitrogen and oxygen atoms in total. The maximum atomic E-state index is 15.0. The molecule has 0 radical (unpaired) electrons. The molecule has 3 aromatic carbocycles. The minimum Gasteiger partial charge on any atom is -0.307 e. The van der Waals surface area contributed by atoms with Gasteiger partial charge in [0.2, 0.25) is 0 Å². The van der Waals surface area contributed by atoms with Crippen molar-refractivity contribution >= 4 is 7.60 Å². The second kappa shape index (κ2) is 7.03. The van der Waals surface area contributed by atoms with E-state index in [0.29, 0.717) is 13.2 Å². The molecule has 0 amide bonds. The molecule has 0 spiro atoms. The van der Waals surface area contributed by atoms with Gasteiger partial charge < -0.3 is 9.05 Å². The Bertz CT molecular complexity index is 1260. The average molecular weight is 457 g/mol. The molecule has 1 atom stereocenters. The molecule has 0 unspecified atom stereocenters. The van der Waals surface area contributed by atoms with Crippen LogP contribution in [0, 0.1) is 12.3 Å². The lowest BCUT2D eigenvalue weighted by Gasteiger charge is -2.57. The van der Waals surface area contributed by atoms with Crippen LogP contribution in [0.25, 0.3) is 0 Å². The predicted octanol–water partition coefficient (Wildman–Crippen LogP) is 7.30. The molecule has 4 heteroatoms. The SMILES string of the molecule is C=C1C2c3ccccc3C(c3ccccc32)[C@]1(c1ccc(C)cc1)P1(=O)OCC(C)(C)CO1. The predicted molar refractivity (Wildman–Crippen MR) is 132 cm³/mol. The summed E-state index contributed by atoms with van der Waals surface area (Å²) in [5.41, 5.74) is 7.73. The second-order valence-corrected chi connectivity index (χ2v) is 12.7. The highest BCUT2D eigenvalue weighted by Gasteiger charge is 2.67. The summed E-state index contributed by atoms with van der Waals surface area (Å²) in [6, 6.07) is 25.4. The summed E-state index contributed by atoms with van der Waals surface area (Å²) >= 11 is 0. The summed E-state index contributed by atoms with van der Waals surface area (Å²) in [4.78, 5) is 0. The summed E-state index contributed by atoms with van der Waals surface area (Å²) in [6.07, 6.45) is 0. The molecule has 1 fully saturated rings. The monoisotopic (exact) mass is 456 g/mol. The van der Waals surface area contributed by atoms with Gasteiger partial charge in [0.15, 0.2) is 0 Å². The third-order valence-corrected chi connectivity index (χ3v) is 10.3. The fourth-order valence-electron chi connectivity index (χ4n) is 6.09. The smallest absolute Gasteiger partial charge is 0.307 e. The van der Waals surface area contributed by atoms with E-state index in [1.165, 1.54) is 22.3 Å². The molecule has 2 bridgehead atoms. The lowest BCUT2D eigenvalue weighted by atomic mass is 9.55. The van der Waals surface area contributed by atoms with Crippen LogP contribution in [0.3, 0.4) is 0 Å². The Morgan fingerprint density at radius 2 is 1.30 bits per heavy atom. The van der Waals surface area contributed by atoms with Crippen LogP contribution in [0.1, 0.15) is 59.1 Å². The van der Waals surface area contributed by atoms with Gasteiger partial charge in [-0.2, -0.15) is 0 Å². The summed E-state index contributed by atoms with van der Waals surface area (Å²) in [7, 11) is -3.65. The van der Waals surface area contributed by atoms with Gasteiger partial charge in [0.25, 0.3) is 0 Å². The first-order valence-electron chi connectivity index (χ1n) is 11.6. The summed E-state index contributed by atoms with van der Waals surface area (Å²) in [6.45, 7) is 11.7. The fourth-order valence-corrected chi connectivity index (χ4v) is 9.15. The lowest BCUT2D eigenvalue weighted by Crippen LogP contribution is -2.49. The Kier molecular flexibility index (Phi) is 4.49. The average Bonchev–Trinajstić information content (AvgIpc) is 2.82. The van der Waals surface area contributed by atoms with Crippen molar-refractivity contribution in [3.8, 4) is 0 Å². The van der Waals surface area contributed by atoms with E-state index in [9.17, 15) is 4.57 Å². The molecule has 33 heavy (non-hydrogen) atoms. The van der Waals surface area contributed by atoms with E-state index in [0.717, 1.165) is 16.7 Å². The Labute approximate surface area is 196 Å². The topological polar surface area (TPSA) is 35.5 Å². The van der Waals surface area contributed by atoms with Crippen molar-refractivity contribution in [3.63, 3.8) is 0 Å². The van der Waals surface area contributed by atoms with Crippen LogP contribution in [-0.2, 0) is 18.8 Å². The van der Waals surface area contributed by atoms with Crippen LogP contribution in [0.4, 0.5) is 0 Å². The summed E-state index contributed by atoms with van der Waals surface area (Å²) < 4.78 is 27.7. The quantitative estimate of drug-likeness (QED) is 0.300. The zero-order chi connectivity index (χ0) is 23.0. The normalized spacial score (nSPS) is 28.8. The molecule has 1 aliphatic heterocycles. The maximum Gasteiger partial charge on any atom is 0.346 e. The molecular formula is C29H29O3P. The Morgan fingerprint density at radius 3 is 1.82 bits per heavy atom. The maximum absolute atomic E-state index is 15.0. The Balaban J connectivity index is 1.70. The molecule has 0 N–H and O–H groups in total. The number of fused-ring (bicyclic) bond motifs is 1. The first-order chi connectivity index (χ1) is 15.8.